The van der Waals surface area contributed by atoms with Crippen molar-refractivity contribution < 1.29 is 9.53 Å². The topological polar surface area (TPSA) is 69.0 Å². The second-order valence-corrected chi connectivity index (χ2v) is 6.63. The number of rotatable bonds is 5. The molecule has 0 aliphatic carbocycles. The van der Waals surface area contributed by atoms with Crippen molar-refractivity contribution >= 4 is 22.4 Å². The number of amides is 1. The SMILES string of the molecule is Cn1nccc1C(=O)Nc1nc(-c2ccc(Oc3ccccc3)cc2)cs1. The van der Waals surface area contributed by atoms with Crippen molar-refractivity contribution in [2.75, 3.05) is 5.32 Å². The summed E-state index contributed by atoms with van der Waals surface area (Å²) in [6, 6.07) is 19.0. The summed E-state index contributed by atoms with van der Waals surface area (Å²) in [4.78, 5) is 16.7. The molecule has 2 aromatic heterocycles. The molecule has 4 aromatic rings. The van der Waals surface area contributed by atoms with Gasteiger partial charge in [-0.3, -0.25) is 14.8 Å². The van der Waals surface area contributed by atoms with Gasteiger partial charge in [0.2, 0.25) is 0 Å². The number of nitrogens with zero attached hydrogens (tertiary/aromatic N) is 3. The van der Waals surface area contributed by atoms with E-state index in [1.165, 1.54) is 16.0 Å². The van der Waals surface area contributed by atoms with Gasteiger partial charge in [0.25, 0.3) is 5.91 Å². The second-order valence-electron chi connectivity index (χ2n) is 5.77. The highest BCUT2D eigenvalue weighted by Crippen LogP contribution is 2.28. The van der Waals surface area contributed by atoms with E-state index in [1.807, 2.05) is 60.0 Å². The third-order valence-corrected chi connectivity index (χ3v) is 4.66. The van der Waals surface area contributed by atoms with E-state index < -0.39 is 0 Å². The lowest BCUT2D eigenvalue weighted by atomic mass is 10.2. The molecular formula is C20H16N4O2S. The van der Waals surface area contributed by atoms with Gasteiger partial charge in [-0.2, -0.15) is 5.10 Å². The van der Waals surface area contributed by atoms with Crippen molar-refractivity contribution in [2.45, 2.75) is 0 Å². The number of para-hydroxylation sites is 1. The van der Waals surface area contributed by atoms with Crippen LogP contribution in [0.4, 0.5) is 5.13 Å². The first kappa shape index (κ1) is 17.0. The Morgan fingerprint density at radius 2 is 1.78 bits per heavy atom. The molecule has 0 saturated heterocycles. The first-order valence-electron chi connectivity index (χ1n) is 8.27. The molecular weight excluding hydrogens is 360 g/mol. The highest BCUT2D eigenvalue weighted by atomic mass is 32.1. The van der Waals surface area contributed by atoms with E-state index in [-0.39, 0.29) is 5.91 Å². The Bertz CT molecular complexity index is 1060. The number of hydrogen-bond acceptors (Lipinski definition) is 5. The van der Waals surface area contributed by atoms with Crippen LogP contribution in [-0.2, 0) is 7.05 Å². The van der Waals surface area contributed by atoms with Gasteiger partial charge in [-0.1, -0.05) is 18.2 Å². The van der Waals surface area contributed by atoms with Crippen LogP contribution in [0.15, 0.2) is 72.2 Å². The van der Waals surface area contributed by atoms with Crippen LogP contribution >= 0.6 is 11.3 Å². The molecule has 0 aliphatic rings. The fourth-order valence-electron chi connectivity index (χ4n) is 2.54. The summed E-state index contributed by atoms with van der Waals surface area (Å²) in [6.45, 7) is 0. The summed E-state index contributed by atoms with van der Waals surface area (Å²) in [5.74, 6) is 1.31. The van der Waals surface area contributed by atoms with E-state index in [2.05, 4.69) is 15.4 Å². The van der Waals surface area contributed by atoms with Gasteiger partial charge < -0.3 is 4.74 Å². The minimum atomic E-state index is -0.234. The van der Waals surface area contributed by atoms with Crippen molar-refractivity contribution in [1.82, 2.24) is 14.8 Å². The lowest BCUT2D eigenvalue weighted by molar-refractivity contribution is 0.101. The summed E-state index contributed by atoms with van der Waals surface area (Å²) in [7, 11) is 1.72. The first-order valence-corrected chi connectivity index (χ1v) is 9.15. The lowest BCUT2D eigenvalue weighted by Crippen LogP contribution is -2.15. The Morgan fingerprint density at radius 1 is 1.04 bits per heavy atom. The number of nitrogens with one attached hydrogen (secondary N) is 1. The fourth-order valence-corrected chi connectivity index (χ4v) is 3.25. The Balaban J connectivity index is 1.45. The number of anilines is 1. The number of aryl methyl sites for hydroxylation is 1. The van der Waals surface area contributed by atoms with Crippen molar-refractivity contribution in [2.24, 2.45) is 7.05 Å². The third kappa shape index (κ3) is 3.88. The van der Waals surface area contributed by atoms with E-state index in [9.17, 15) is 4.79 Å². The van der Waals surface area contributed by atoms with Gasteiger partial charge in [-0.25, -0.2) is 4.98 Å². The number of hydrogen-bond donors (Lipinski definition) is 1. The standard InChI is InChI=1S/C20H16N4O2S/c1-24-18(11-12-21-24)19(25)23-20-22-17(13-27-20)14-7-9-16(10-8-14)26-15-5-3-2-4-6-15/h2-13H,1H3,(H,22,23,25). The zero-order valence-electron chi connectivity index (χ0n) is 14.5. The van der Waals surface area contributed by atoms with Crippen molar-refractivity contribution in [3.63, 3.8) is 0 Å². The lowest BCUT2D eigenvalue weighted by Gasteiger charge is -2.05. The monoisotopic (exact) mass is 376 g/mol. The number of benzene rings is 2. The van der Waals surface area contributed by atoms with Crippen molar-refractivity contribution in [3.05, 3.63) is 77.9 Å². The molecule has 0 bridgehead atoms. The molecule has 1 N–H and O–H groups in total. The molecule has 1 amide bonds. The Labute approximate surface area is 160 Å². The Morgan fingerprint density at radius 3 is 2.48 bits per heavy atom. The van der Waals surface area contributed by atoms with Crippen LogP contribution in [0.3, 0.4) is 0 Å². The Hall–Kier alpha value is -3.45. The number of aromatic nitrogens is 3. The van der Waals surface area contributed by atoms with Gasteiger partial charge >= 0.3 is 0 Å². The number of ether oxygens (including phenoxy) is 1. The number of thiazole rings is 1. The average Bonchev–Trinajstić information content (AvgIpc) is 3.32. The van der Waals surface area contributed by atoms with Gasteiger partial charge in [0.15, 0.2) is 5.13 Å². The molecule has 0 radical (unpaired) electrons. The van der Waals surface area contributed by atoms with E-state index in [0.29, 0.717) is 10.8 Å². The molecule has 0 saturated carbocycles. The quantitative estimate of drug-likeness (QED) is 0.553. The van der Waals surface area contributed by atoms with Crippen molar-refractivity contribution in [3.8, 4) is 22.8 Å². The molecule has 0 aliphatic heterocycles. The molecule has 0 spiro atoms. The first-order chi connectivity index (χ1) is 13.2. The van der Waals surface area contributed by atoms with Crippen LogP contribution in [0.1, 0.15) is 10.5 Å². The zero-order chi connectivity index (χ0) is 18.6. The number of carbonyl (C=O) groups excluding carboxylic acids is 1. The fraction of sp³-hybridized carbons (Fsp3) is 0.0500. The van der Waals surface area contributed by atoms with E-state index >= 15 is 0 Å². The van der Waals surface area contributed by atoms with Crippen LogP contribution in [0, 0.1) is 0 Å². The predicted molar refractivity (Wildman–Crippen MR) is 105 cm³/mol. The molecule has 2 heterocycles. The smallest absolute Gasteiger partial charge is 0.275 e. The summed E-state index contributed by atoms with van der Waals surface area (Å²) in [5, 5.41) is 9.25. The van der Waals surface area contributed by atoms with Gasteiger partial charge in [-0.05, 0) is 42.5 Å². The maximum absolute atomic E-state index is 12.2. The molecule has 7 heteroatoms. The average molecular weight is 376 g/mol. The molecule has 0 atom stereocenters. The van der Waals surface area contributed by atoms with Crippen LogP contribution < -0.4 is 10.1 Å². The maximum Gasteiger partial charge on any atom is 0.275 e. The zero-order valence-corrected chi connectivity index (χ0v) is 15.3. The molecule has 27 heavy (non-hydrogen) atoms. The highest BCUT2D eigenvalue weighted by Gasteiger charge is 2.13. The number of carbonyl (C=O) groups is 1. The summed E-state index contributed by atoms with van der Waals surface area (Å²) < 4.78 is 7.32. The van der Waals surface area contributed by atoms with E-state index in [0.717, 1.165) is 22.8 Å². The van der Waals surface area contributed by atoms with Gasteiger partial charge in [-0.15, -0.1) is 11.3 Å². The van der Waals surface area contributed by atoms with Gasteiger partial charge in [0, 0.05) is 24.2 Å². The van der Waals surface area contributed by atoms with Crippen LogP contribution in [0.5, 0.6) is 11.5 Å². The van der Waals surface area contributed by atoms with E-state index in [4.69, 9.17) is 4.74 Å². The third-order valence-electron chi connectivity index (χ3n) is 3.91. The van der Waals surface area contributed by atoms with Gasteiger partial charge in [0.05, 0.1) is 5.69 Å². The van der Waals surface area contributed by atoms with E-state index in [1.54, 1.807) is 19.3 Å². The largest absolute Gasteiger partial charge is 0.457 e. The minimum Gasteiger partial charge on any atom is -0.457 e. The van der Waals surface area contributed by atoms with Crippen LogP contribution in [-0.4, -0.2) is 20.7 Å². The Kier molecular flexibility index (Phi) is 4.67. The molecule has 0 fully saturated rings. The summed E-state index contributed by atoms with van der Waals surface area (Å²) >= 11 is 1.38. The predicted octanol–water partition coefficient (Wildman–Crippen LogP) is 4.59. The summed E-state index contributed by atoms with van der Waals surface area (Å²) in [6.07, 6.45) is 1.58. The normalized spacial score (nSPS) is 10.6. The molecule has 6 nitrogen and oxygen atoms in total. The second kappa shape index (κ2) is 7.43. The molecule has 4 rings (SSSR count). The molecule has 134 valence electrons. The highest BCUT2D eigenvalue weighted by molar-refractivity contribution is 7.14. The minimum absolute atomic E-state index is 0.234. The maximum atomic E-state index is 12.2. The van der Waals surface area contributed by atoms with Crippen LogP contribution in [0.2, 0.25) is 0 Å². The summed E-state index contributed by atoms with van der Waals surface area (Å²) in [5.41, 5.74) is 2.23. The van der Waals surface area contributed by atoms with Gasteiger partial charge in [0.1, 0.15) is 17.2 Å². The van der Waals surface area contributed by atoms with Crippen LogP contribution in [0.25, 0.3) is 11.3 Å². The molecule has 0 unspecified atom stereocenters. The molecule has 2 aromatic carbocycles. The van der Waals surface area contributed by atoms with Crippen molar-refractivity contribution in [1.29, 1.82) is 0 Å².